The molecular weight excluding hydrogens is 294 g/mol. The van der Waals surface area contributed by atoms with Gasteiger partial charge in [-0.05, 0) is 37.8 Å². The third-order valence-corrected chi connectivity index (χ3v) is 3.07. The smallest absolute Gasteiger partial charge is 0.338 e. The molecule has 0 bridgehead atoms. The fraction of sp³-hybridized carbons (Fsp3) is 0.500. The highest BCUT2D eigenvalue weighted by molar-refractivity contribution is 5.92. The summed E-state index contributed by atoms with van der Waals surface area (Å²) in [5.74, 6) is -0.927. The van der Waals surface area contributed by atoms with Crippen LogP contribution in [0.15, 0.2) is 24.3 Å². The van der Waals surface area contributed by atoms with E-state index in [1.165, 1.54) is 24.3 Å². The maximum Gasteiger partial charge on any atom is 0.338 e. The average Bonchev–Trinajstić information content (AvgIpc) is 2.41. The Labute approximate surface area is 137 Å². The molecule has 1 aromatic carbocycles. The van der Waals surface area contributed by atoms with Gasteiger partial charge in [0.25, 0.3) is 5.91 Å². The second-order valence-corrected chi connectivity index (χ2v) is 7.49. The van der Waals surface area contributed by atoms with Crippen LogP contribution in [0, 0.1) is 5.41 Å². The van der Waals surface area contributed by atoms with E-state index in [4.69, 9.17) is 4.74 Å². The minimum atomic E-state index is -0.591. The first-order valence-electron chi connectivity index (χ1n) is 7.56. The molecule has 0 atom stereocenters. The number of hydrogen-bond donors (Lipinski definition) is 1. The summed E-state index contributed by atoms with van der Waals surface area (Å²) in [5, 5.41) is 2.88. The van der Waals surface area contributed by atoms with Gasteiger partial charge in [-0.1, -0.05) is 32.9 Å². The molecule has 5 nitrogen and oxygen atoms in total. The first kappa shape index (κ1) is 18.9. The lowest BCUT2D eigenvalue weighted by molar-refractivity contribution is -0.126. The van der Waals surface area contributed by atoms with Crippen LogP contribution in [0.1, 0.15) is 61.8 Å². The molecule has 0 aliphatic heterocycles. The number of benzene rings is 1. The molecule has 0 radical (unpaired) electrons. The van der Waals surface area contributed by atoms with Gasteiger partial charge >= 0.3 is 5.97 Å². The summed E-state index contributed by atoms with van der Waals surface area (Å²) in [5.41, 5.74) is 0.474. The second kappa shape index (κ2) is 7.40. The van der Waals surface area contributed by atoms with Crippen LogP contribution in [-0.4, -0.2) is 30.3 Å². The van der Waals surface area contributed by atoms with Crippen LogP contribution in [0.4, 0.5) is 0 Å². The summed E-state index contributed by atoms with van der Waals surface area (Å²) in [6.45, 7) is 9.85. The normalized spacial score (nSPS) is 11.7. The lowest BCUT2D eigenvalue weighted by Crippen LogP contribution is -2.47. The Morgan fingerprint density at radius 1 is 1.09 bits per heavy atom. The van der Waals surface area contributed by atoms with E-state index in [0.717, 1.165) is 6.42 Å². The molecule has 0 aliphatic carbocycles. The predicted molar refractivity (Wildman–Crippen MR) is 88.4 cm³/mol. The van der Waals surface area contributed by atoms with E-state index >= 15 is 0 Å². The fourth-order valence-corrected chi connectivity index (χ4v) is 2.70. The number of nitrogens with one attached hydrogen (secondary N) is 1. The molecule has 0 aliphatic rings. The van der Waals surface area contributed by atoms with Crippen LogP contribution in [0.2, 0.25) is 0 Å². The largest absolute Gasteiger partial charge is 0.452 e. The van der Waals surface area contributed by atoms with E-state index in [-0.39, 0.29) is 23.5 Å². The molecule has 0 fully saturated rings. The van der Waals surface area contributed by atoms with Gasteiger partial charge < -0.3 is 10.1 Å². The Hall–Kier alpha value is -2.17. The van der Waals surface area contributed by atoms with Crippen molar-refractivity contribution in [2.45, 2.75) is 46.6 Å². The lowest BCUT2D eigenvalue weighted by Gasteiger charge is -2.33. The molecule has 0 saturated carbocycles. The molecule has 1 rings (SSSR count). The summed E-state index contributed by atoms with van der Waals surface area (Å²) >= 11 is 0. The molecule has 0 saturated heterocycles. The SMILES string of the molecule is CC(C)(C)CC(C)(C)NC(=O)COC(=O)c1ccc(C=O)cc1. The molecule has 1 aromatic rings. The highest BCUT2D eigenvalue weighted by atomic mass is 16.5. The Kier molecular flexibility index (Phi) is 6.07. The quantitative estimate of drug-likeness (QED) is 0.646. The van der Waals surface area contributed by atoms with Crippen molar-refractivity contribution in [1.29, 1.82) is 0 Å². The number of amides is 1. The fourth-order valence-electron chi connectivity index (χ4n) is 2.70. The molecular formula is C18H25NO4. The molecule has 23 heavy (non-hydrogen) atoms. The zero-order valence-electron chi connectivity index (χ0n) is 14.4. The highest BCUT2D eigenvalue weighted by Crippen LogP contribution is 2.26. The maximum absolute atomic E-state index is 11.9. The van der Waals surface area contributed by atoms with Crippen LogP contribution in [0.25, 0.3) is 0 Å². The van der Waals surface area contributed by atoms with Crippen LogP contribution < -0.4 is 5.32 Å². The second-order valence-electron chi connectivity index (χ2n) is 7.49. The molecule has 1 amide bonds. The first-order valence-corrected chi connectivity index (χ1v) is 7.56. The third kappa shape index (κ3) is 7.08. The molecule has 1 N–H and O–H groups in total. The van der Waals surface area contributed by atoms with E-state index in [1.54, 1.807) is 0 Å². The number of hydrogen-bond acceptors (Lipinski definition) is 4. The number of carbonyl (C=O) groups is 3. The van der Waals surface area contributed by atoms with Gasteiger partial charge in [-0.3, -0.25) is 9.59 Å². The monoisotopic (exact) mass is 319 g/mol. The summed E-state index contributed by atoms with van der Waals surface area (Å²) in [4.78, 5) is 34.4. The van der Waals surface area contributed by atoms with Gasteiger partial charge in [0, 0.05) is 11.1 Å². The van der Waals surface area contributed by atoms with Gasteiger partial charge in [-0.25, -0.2) is 4.79 Å². The van der Waals surface area contributed by atoms with Gasteiger partial charge in [0.2, 0.25) is 0 Å². The number of aldehydes is 1. The topological polar surface area (TPSA) is 72.5 Å². The number of esters is 1. The summed E-state index contributed by atoms with van der Waals surface area (Å²) < 4.78 is 5.00. The van der Waals surface area contributed by atoms with Crippen LogP contribution in [0.3, 0.4) is 0 Å². The van der Waals surface area contributed by atoms with Crippen molar-refractivity contribution in [2.24, 2.45) is 5.41 Å². The molecule has 5 heteroatoms. The van der Waals surface area contributed by atoms with Gasteiger partial charge in [0.15, 0.2) is 6.61 Å². The molecule has 0 aromatic heterocycles. The average molecular weight is 319 g/mol. The van der Waals surface area contributed by atoms with E-state index in [0.29, 0.717) is 17.4 Å². The Balaban J connectivity index is 2.51. The van der Waals surface area contributed by atoms with Crippen LogP contribution in [0.5, 0.6) is 0 Å². The van der Waals surface area contributed by atoms with Crippen LogP contribution >= 0.6 is 0 Å². The Morgan fingerprint density at radius 2 is 1.65 bits per heavy atom. The van der Waals surface area contributed by atoms with Gasteiger partial charge in [-0.2, -0.15) is 0 Å². The molecule has 0 spiro atoms. The number of rotatable bonds is 6. The summed E-state index contributed by atoms with van der Waals surface area (Å²) in [7, 11) is 0. The van der Waals surface area contributed by atoms with Crippen molar-refractivity contribution in [1.82, 2.24) is 5.32 Å². The van der Waals surface area contributed by atoms with Crippen molar-refractivity contribution in [2.75, 3.05) is 6.61 Å². The van der Waals surface area contributed by atoms with Crippen molar-refractivity contribution in [3.8, 4) is 0 Å². The van der Waals surface area contributed by atoms with Crippen LogP contribution in [-0.2, 0) is 9.53 Å². The maximum atomic E-state index is 11.9. The molecule has 0 unspecified atom stereocenters. The molecule has 0 heterocycles. The first-order chi connectivity index (χ1) is 10.5. The van der Waals surface area contributed by atoms with E-state index in [1.807, 2.05) is 13.8 Å². The van der Waals surface area contributed by atoms with Crippen molar-refractivity contribution in [3.05, 3.63) is 35.4 Å². The zero-order valence-corrected chi connectivity index (χ0v) is 14.4. The molecule has 126 valence electrons. The van der Waals surface area contributed by atoms with E-state index in [2.05, 4.69) is 26.1 Å². The lowest BCUT2D eigenvalue weighted by atomic mass is 9.82. The summed E-state index contributed by atoms with van der Waals surface area (Å²) in [6, 6.07) is 6.03. The van der Waals surface area contributed by atoms with E-state index in [9.17, 15) is 14.4 Å². The van der Waals surface area contributed by atoms with Gasteiger partial charge in [-0.15, -0.1) is 0 Å². The van der Waals surface area contributed by atoms with Crippen molar-refractivity contribution >= 4 is 18.2 Å². The van der Waals surface area contributed by atoms with Gasteiger partial charge in [0.1, 0.15) is 6.29 Å². The Morgan fingerprint density at radius 3 is 2.13 bits per heavy atom. The highest BCUT2D eigenvalue weighted by Gasteiger charge is 2.27. The summed E-state index contributed by atoms with van der Waals surface area (Å²) in [6.07, 6.45) is 1.49. The third-order valence-electron chi connectivity index (χ3n) is 3.07. The minimum absolute atomic E-state index is 0.0772. The zero-order chi connectivity index (χ0) is 17.7. The minimum Gasteiger partial charge on any atom is -0.452 e. The Bertz CT molecular complexity index is 568. The number of carbonyl (C=O) groups excluding carboxylic acids is 3. The predicted octanol–water partition coefficient (Wildman–Crippen LogP) is 2.99. The van der Waals surface area contributed by atoms with Gasteiger partial charge in [0.05, 0.1) is 5.56 Å². The van der Waals surface area contributed by atoms with Crippen molar-refractivity contribution < 1.29 is 19.1 Å². The standard InChI is InChI=1S/C18H25NO4/c1-17(2,3)12-18(4,5)19-15(21)11-23-16(22)14-8-6-13(10-20)7-9-14/h6-10H,11-12H2,1-5H3,(H,19,21). The van der Waals surface area contributed by atoms with E-state index < -0.39 is 5.97 Å². The number of ether oxygens (including phenoxy) is 1. The van der Waals surface area contributed by atoms with Crippen molar-refractivity contribution in [3.63, 3.8) is 0 Å².